The molecule has 2 aliphatic rings. The maximum Gasteiger partial charge on any atom is 0.214 e. The molecule has 1 N–H and O–H groups in total. The van der Waals surface area contributed by atoms with Crippen molar-refractivity contribution in [2.45, 2.75) is 19.0 Å². The first-order valence-corrected chi connectivity index (χ1v) is 8.11. The Morgan fingerprint density at radius 3 is 2.88 bits per heavy atom. The maximum atomic E-state index is 11.6. The molecule has 17 heavy (non-hydrogen) atoms. The molecule has 3 rings (SSSR count). The summed E-state index contributed by atoms with van der Waals surface area (Å²) in [7, 11) is -2.97. The highest BCUT2D eigenvalue weighted by molar-refractivity contribution is 7.91. The molecule has 6 nitrogen and oxygen atoms in total. The zero-order chi connectivity index (χ0) is 12.2. The van der Waals surface area contributed by atoms with E-state index in [1.54, 1.807) is 4.90 Å². The van der Waals surface area contributed by atoms with E-state index in [1.165, 1.54) is 11.3 Å². The van der Waals surface area contributed by atoms with Gasteiger partial charge in [0, 0.05) is 0 Å². The molecule has 0 aliphatic carbocycles. The monoisotopic (exact) mass is 290 g/mol. The molecule has 0 amide bonds. The van der Waals surface area contributed by atoms with Crippen LogP contribution in [0.2, 0.25) is 0 Å². The third kappa shape index (κ3) is 1.81. The van der Waals surface area contributed by atoms with Gasteiger partial charge in [-0.05, 0) is 19.1 Å². The van der Waals surface area contributed by atoms with E-state index in [2.05, 4.69) is 15.5 Å². The van der Waals surface area contributed by atoms with E-state index in [0.29, 0.717) is 10.2 Å². The zero-order valence-electron chi connectivity index (χ0n) is 8.95. The number of rotatable bonds is 1. The van der Waals surface area contributed by atoms with Crippen LogP contribution in [0.25, 0.3) is 0 Å². The van der Waals surface area contributed by atoms with Crippen LogP contribution in [0.3, 0.4) is 0 Å². The minimum atomic E-state index is -2.97. The Morgan fingerprint density at radius 1 is 1.47 bits per heavy atom. The summed E-state index contributed by atoms with van der Waals surface area (Å²) < 4.78 is 23.2. The Morgan fingerprint density at radius 2 is 2.24 bits per heavy atom. The Balaban J connectivity index is 1.97. The summed E-state index contributed by atoms with van der Waals surface area (Å²) in [4.78, 5) is 1.79. The van der Waals surface area contributed by atoms with Crippen LogP contribution in [-0.2, 0) is 9.84 Å². The van der Waals surface area contributed by atoms with Crippen molar-refractivity contribution in [1.29, 1.82) is 0 Å². The number of anilines is 1. The highest BCUT2D eigenvalue weighted by Crippen LogP contribution is 2.31. The van der Waals surface area contributed by atoms with Gasteiger partial charge in [0.15, 0.2) is 14.9 Å². The quantitative estimate of drug-likeness (QED) is 0.712. The molecular formula is C8H10N4O2S3. The van der Waals surface area contributed by atoms with E-state index in [-0.39, 0.29) is 23.6 Å². The molecule has 1 aromatic rings. The molecular weight excluding hydrogens is 280 g/mol. The van der Waals surface area contributed by atoms with Gasteiger partial charge in [0.25, 0.3) is 0 Å². The van der Waals surface area contributed by atoms with Gasteiger partial charge in [-0.3, -0.25) is 4.90 Å². The van der Waals surface area contributed by atoms with Crippen molar-refractivity contribution in [3.8, 4) is 0 Å². The van der Waals surface area contributed by atoms with E-state index in [4.69, 9.17) is 12.2 Å². The van der Waals surface area contributed by atoms with Crippen molar-refractivity contribution in [3.05, 3.63) is 5.01 Å². The summed E-state index contributed by atoms with van der Waals surface area (Å²) in [5.41, 5.74) is 0. The van der Waals surface area contributed by atoms with Gasteiger partial charge >= 0.3 is 0 Å². The number of fused-ring (bicyclic) bond motifs is 1. The maximum absolute atomic E-state index is 11.6. The Kier molecular flexibility index (Phi) is 2.39. The van der Waals surface area contributed by atoms with E-state index < -0.39 is 9.84 Å². The summed E-state index contributed by atoms with van der Waals surface area (Å²) in [6.45, 7) is 1.86. The van der Waals surface area contributed by atoms with Crippen LogP contribution in [0, 0.1) is 6.92 Å². The molecule has 2 fully saturated rings. The van der Waals surface area contributed by atoms with Crippen LogP contribution in [0.1, 0.15) is 5.01 Å². The molecule has 92 valence electrons. The fourth-order valence-corrected chi connectivity index (χ4v) is 5.29. The SMILES string of the molecule is Cc1nnc(N2C(=S)N[C@H]3CS(=O)(=O)C[C@H]32)s1. The Bertz CT molecular complexity index is 581. The predicted octanol–water partition coefficient (Wildman–Crippen LogP) is -0.293. The molecule has 0 unspecified atom stereocenters. The second-order valence-corrected chi connectivity index (χ2v) is 7.87. The third-order valence-electron chi connectivity index (χ3n) is 2.90. The number of hydrogen-bond acceptors (Lipinski definition) is 6. The van der Waals surface area contributed by atoms with Gasteiger partial charge in [0.2, 0.25) is 5.13 Å². The average Bonchev–Trinajstić information content (AvgIpc) is 2.78. The molecule has 0 aromatic carbocycles. The molecule has 2 aliphatic heterocycles. The molecule has 0 radical (unpaired) electrons. The van der Waals surface area contributed by atoms with Crippen molar-refractivity contribution in [2.75, 3.05) is 16.4 Å². The summed E-state index contributed by atoms with van der Waals surface area (Å²) in [6, 6.07) is -0.253. The first-order chi connectivity index (χ1) is 7.96. The first-order valence-electron chi connectivity index (χ1n) is 5.06. The van der Waals surface area contributed by atoms with Crippen LogP contribution in [0.15, 0.2) is 0 Å². The summed E-state index contributed by atoms with van der Waals surface area (Å²) in [5.74, 6) is 0.273. The molecule has 0 bridgehead atoms. The van der Waals surface area contributed by atoms with Gasteiger partial charge in [-0.15, -0.1) is 10.2 Å². The first kappa shape index (κ1) is 11.3. The minimum Gasteiger partial charge on any atom is -0.356 e. The van der Waals surface area contributed by atoms with Crippen molar-refractivity contribution < 1.29 is 8.42 Å². The van der Waals surface area contributed by atoms with Crippen LogP contribution >= 0.6 is 23.6 Å². The average molecular weight is 290 g/mol. The highest BCUT2D eigenvalue weighted by atomic mass is 32.2. The van der Waals surface area contributed by atoms with E-state index in [1.807, 2.05) is 6.92 Å². The topological polar surface area (TPSA) is 75.2 Å². The van der Waals surface area contributed by atoms with Crippen molar-refractivity contribution in [2.24, 2.45) is 0 Å². The van der Waals surface area contributed by atoms with E-state index >= 15 is 0 Å². The lowest BCUT2D eigenvalue weighted by Crippen LogP contribution is -2.36. The molecule has 2 saturated heterocycles. The van der Waals surface area contributed by atoms with Gasteiger partial charge in [-0.2, -0.15) is 0 Å². The van der Waals surface area contributed by atoms with Crippen molar-refractivity contribution in [1.82, 2.24) is 15.5 Å². The van der Waals surface area contributed by atoms with E-state index in [9.17, 15) is 8.42 Å². The second-order valence-electron chi connectivity index (χ2n) is 4.17. The summed E-state index contributed by atoms with van der Waals surface area (Å²) in [5, 5.41) is 13.1. The summed E-state index contributed by atoms with van der Waals surface area (Å²) >= 11 is 6.64. The number of nitrogens with zero attached hydrogens (tertiary/aromatic N) is 3. The molecule has 0 saturated carbocycles. The number of hydrogen-bond donors (Lipinski definition) is 1. The van der Waals surface area contributed by atoms with Crippen LogP contribution in [-0.4, -0.2) is 47.3 Å². The molecule has 0 spiro atoms. The van der Waals surface area contributed by atoms with Crippen molar-refractivity contribution >= 4 is 43.6 Å². The third-order valence-corrected chi connectivity index (χ3v) is 5.77. The molecule has 9 heteroatoms. The fourth-order valence-electron chi connectivity index (χ4n) is 2.21. The number of thiocarbonyl (C=S) groups is 1. The lowest BCUT2D eigenvalue weighted by Gasteiger charge is -2.18. The minimum absolute atomic E-state index is 0.114. The lowest BCUT2D eigenvalue weighted by molar-refractivity contribution is 0.600. The standard InChI is InChI=1S/C8H10N4O2S3/c1-4-10-11-8(16-4)12-6-3-17(13,14)2-5(6)9-7(12)15/h5-6H,2-3H2,1H3,(H,9,15)/t5-,6+/m0/s1. The van der Waals surface area contributed by atoms with Crippen LogP contribution in [0.4, 0.5) is 5.13 Å². The number of sulfone groups is 1. The normalized spacial score (nSPS) is 30.4. The fraction of sp³-hybridized carbons (Fsp3) is 0.625. The van der Waals surface area contributed by atoms with Gasteiger partial charge in [0.05, 0.1) is 23.6 Å². The zero-order valence-corrected chi connectivity index (χ0v) is 11.4. The molecule has 2 atom stereocenters. The second kappa shape index (κ2) is 3.59. The largest absolute Gasteiger partial charge is 0.356 e. The predicted molar refractivity (Wildman–Crippen MR) is 69.1 cm³/mol. The molecule has 3 heterocycles. The van der Waals surface area contributed by atoms with Gasteiger partial charge in [0.1, 0.15) is 5.01 Å². The van der Waals surface area contributed by atoms with Gasteiger partial charge in [-0.25, -0.2) is 8.42 Å². The number of nitrogens with one attached hydrogen (secondary N) is 1. The highest BCUT2D eigenvalue weighted by Gasteiger charge is 2.48. The Hall–Kier alpha value is -0.800. The number of aromatic nitrogens is 2. The van der Waals surface area contributed by atoms with Crippen molar-refractivity contribution in [3.63, 3.8) is 0 Å². The Labute approximate surface area is 108 Å². The summed E-state index contributed by atoms with van der Waals surface area (Å²) in [6.07, 6.45) is 0. The van der Waals surface area contributed by atoms with Gasteiger partial charge in [-0.1, -0.05) is 11.3 Å². The van der Waals surface area contributed by atoms with E-state index in [0.717, 1.165) is 5.01 Å². The lowest BCUT2D eigenvalue weighted by atomic mass is 10.2. The van der Waals surface area contributed by atoms with Crippen LogP contribution in [0.5, 0.6) is 0 Å². The van der Waals surface area contributed by atoms with Gasteiger partial charge < -0.3 is 5.32 Å². The smallest absolute Gasteiger partial charge is 0.214 e. The van der Waals surface area contributed by atoms with Crippen LogP contribution < -0.4 is 10.2 Å². The number of aryl methyl sites for hydroxylation is 1. The molecule has 1 aromatic heterocycles.